The zero-order valence-electron chi connectivity index (χ0n) is 10.2. The third-order valence-electron chi connectivity index (χ3n) is 3.19. The SMILES string of the molecule is OC1c2ccccc2C=C[C@H]1Oc1ccccc1Br. The number of aliphatic hydroxyl groups is 1. The van der Waals surface area contributed by atoms with Crippen molar-refractivity contribution >= 4 is 22.0 Å². The molecule has 96 valence electrons. The molecule has 2 aromatic carbocycles. The molecule has 1 unspecified atom stereocenters. The van der Waals surface area contributed by atoms with E-state index in [1.165, 1.54) is 0 Å². The van der Waals surface area contributed by atoms with E-state index in [-0.39, 0.29) is 6.10 Å². The van der Waals surface area contributed by atoms with Crippen LogP contribution in [0.15, 0.2) is 59.1 Å². The molecule has 19 heavy (non-hydrogen) atoms. The van der Waals surface area contributed by atoms with E-state index in [4.69, 9.17) is 4.74 Å². The van der Waals surface area contributed by atoms with Crippen LogP contribution in [0.25, 0.3) is 6.08 Å². The molecular formula is C16H13BrO2. The normalized spacial score (nSPS) is 20.9. The van der Waals surface area contributed by atoms with Crippen LogP contribution in [0.4, 0.5) is 0 Å². The molecule has 0 aliphatic heterocycles. The molecule has 0 fully saturated rings. The van der Waals surface area contributed by atoms with Crippen molar-refractivity contribution in [3.8, 4) is 5.75 Å². The largest absolute Gasteiger partial charge is 0.482 e. The standard InChI is InChI=1S/C16H13BrO2/c17-13-7-3-4-8-14(13)19-15-10-9-11-5-1-2-6-12(11)16(15)18/h1-10,15-16,18H/t15-,16?/m1/s1. The number of para-hydroxylation sites is 1. The molecule has 1 aliphatic carbocycles. The Balaban J connectivity index is 1.87. The Bertz CT molecular complexity index is 622. The van der Waals surface area contributed by atoms with Crippen LogP contribution in [-0.2, 0) is 0 Å². The van der Waals surface area contributed by atoms with Crippen molar-refractivity contribution in [3.63, 3.8) is 0 Å². The van der Waals surface area contributed by atoms with E-state index >= 15 is 0 Å². The summed E-state index contributed by atoms with van der Waals surface area (Å²) in [6.45, 7) is 0. The Morgan fingerprint density at radius 3 is 2.58 bits per heavy atom. The fraction of sp³-hybridized carbons (Fsp3) is 0.125. The second-order valence-corrected chi connectivity index (χ2v) is 5.30. The molecule has 2 nitrogen and oxygen atoms in total. The molecule has 0 saturated carbocycles. The lowest BCUT2D eigenvalue weighted by Crippen LogP contribution is -2.26. The molecule has 0 heterocycles. The van der Waals surface area contributed by atoms with Gasteiger partial charge in [0, 0.05) is 0 Å². The van der Waals surface area contributed by atoms with Gasteiger partial charge >= 0.3 is 0 Å². The topological polar surface area (TPSA) is 29.5 Å². The molecular weight excluding hydrogens is 304 g/mol. The number of benzene rings is 2. The van der Waals surface area contributed by atoms with Gasteiger partial charge in [-0.15, -0.1) is 0 Å². The summed E-state index contributed by atoms with van der Waals surface area (Å²) in [6, 6.07) is 15.4. The first kappa shape index (κ1) is 12.5. The van der Waals surface area contributed by atoms with Crippen molar-refractivity contribution in [1.29, 1.82) is 0 Å². The van der Waals surface area contributed by atoms with Crippen LogP contribution in [0.3, 0.4) is 0 Å². The van der Waals surface area contributed by atoms with Crippen LogP contribution in [-0.4, -0.2) is 11.2 Å². The van der Waals surface area contributed by atoms with Gasteiger partial charge in [-0.25, -0.2) is 0 Å². The van der Waals surface area contributed by atoms with Gasteiger partial charge in [0.1, 0.15) is 18.0 Å². The van der Waals surface area contributed by atoms with E-state index in [1.54, 1.807) is 0 Å². The fourth-order valence-corrected chi connectivity index (χ4v) is 2.58. The highest BCUT2D eigenvalue weighted by atomic mass is 79.9. The number of hydrogen-bond donors (Lipinski definition) is 1. The maximum Gasteiger partial charge on any atom is 0.147 e. The molecule has 0 aromatic heterocycles. The maximum absolute atomic E-state index is 10.4. The van der Waals surface area contributed by atoms with Crippen LogP contribution in [0.5, 0.6) is 5.75 Å². The van der Waals surface area contributed by atoms with Crippen LogP contribution in [0.1, 0.15) is 17.2 Å². The molecule has 1 aliphatic rings. The second kappa shape index (κ2) is 5.19. The zero-order valence-corrected chi connectivity index (χ0v) is 11.7. The van der Waals surface area contributed by atoms with Crippen molar-refractivity contribution < 1.29 is 9.84 Å². The molecule has 0 radical (unpaired) electrons. The third kappa shape index (κ3) is 2.44. The molecule has 2 aromatic rings. The van der Waals surface area contributed by atoms with Gasteiger partial charge in [-0.05, 0) is 45.3 Å². The highest BCUT2D eigenvalue weighted by Gasteiger charge is 2.25. The third-order valence-corrected chi connectivity index (χ3v) is 3.85. The lowest BCUT2D eigenvalue weighted by Gasteiger charge is -2.26. The van der Waals surface area contributed by atoms with E-state index in [0.717, 1.165) is 21.3 Å². The molecule has 1 N–H and O–H groups in total. The molecule has 3 heteroatoms. The van der Waals surface area contributed by atoms with Gasteiger partial charge in [0.05, 0.1) is 4.47 Å². The summed E-state index contributed by atoms with van der Waals surface area (Å²) in [4.78, 5) is 0. The van der Waals surface area contributed by atoms with Crippen molar-refractivity contribution in [1.82, 2.24) is 0 Å². The highest BCUT2D eigenvalue weighted by molar-refractivity contribution is 9.10. The fourth-order valence-electron chi connectivity index (χ4n) is 2.20. The van der Waals surface area contributed by atoms with E-state index in [1.807, 2.05) is 60.7 Å². The Morgan fingerprint density at radius 2 is 1.74 bits per heavy atom. The lowest BCUT2D eigenvalue weighted by atomic mass is 9.93. The number of rotatable bonds is 2. The number of fused-ring (bicyclic) bond motifs is 1. The number of aliphatic hydroxyl groups excluding tert-OH is 1. The molecule has 0 amide bonds. The molecule has 2 atom stereocenters. The van der Waals surface area contributed by atoms with Crippen LogP contribution >= 0.6 is 15.9 Å². The Hall–Kier alpha value is -1.58. The highest BCUT2D eigenvalue weighted by Crippen LogP contribution is 2.32. The van der Waals surface area contributed by atoms with Gasteiger partial charge in [0.15, 0.2) is 0 Å². The van der Waals surface area contributed by atoms with Gasteiger partial charge in [-0.3, -0.25) is 0 Å². The summed E-state index contributed by atoms with van der Waals surface area (Å²) in [5.41, 5.74) is 1.95. The Labute approximate surface area is 120 Å². The van der Waals surface area contributed by atoms with E-state index in [0.29, 0.717) is 0 Å². The Morgan fingerprint density at radius 1 is 1.00 bits per heavy atom. The molecule has 0 saturated heterocycles. The summed E-state index contributed by atoms with van der Waals surface area (Å²) in [6.07, 6.45) is 2.87. The Kier molecular flexibility index (Phi) is 3.40. The maximum atomic E-state index is 10.4. The lowest BCUT2D eigenvalue weighted by molar-refractivity contribution is 0.0619. The van der Waals surface area contributed by atoms with E-state index < -0.39 is 6.10 Å². The van der Waals surface area contributed by atoms with Crippen molar-refractivity contribution in [2.45, 2.75) is 12.2 Å². The van der Waals surface area contributed by atoms with Crippen molar-refractivity contribution in [2.75, 3.05) is 0 Å². The predicted molar refractivity (Wildman–Crippen MR) is 79.0 cm³/mol. The monoisotopic (exact) mass is 316 g/mol. The number of halogens is 1. The quantitative estimate of drug-likeness (QED) is 0.908. The van der Waals surface area contributed by atoms with Gasteiger partial charge in [-0.2, -0.15) is 0 Å². The van der Waals surface area contributed by atoms with Crippen LogP contribution < -0.4 is 4.74 Å². The minimum atomic E-state index is -0.645. The van der Waals surface area contributed by atoms with Gasteiger partial charge in [-0.1, -0.05) is 42.5 Å². The first-order chi connectivity index (χ1) is 9.25. The minimum Gasteiger partial charge on any atom is -0.482 e. The average molecular weight is 317 g/mol. The average Bonchev–Trinajstić information content (AvgIpc) is 2.44. The number of hydrogen-bond acceptors (Lipinski definition) is 2. The molecule has 0 bridgehead atoms. The van der Waals surface area contributed by atoms with Gasteiger partial charge in [0.2, 0.25) is 0 Å². The smallest absolute Gasteiger partial charge is 0.147 e. The van der Waals surface area contributed by atoms with Crippen molar-refractivity contribution in [2.24, 2.45) is 0 Å². The van der Waals surface area contributed by atoms with E-state index in [9.17, 15) is 5.11 Å². The van der Waals surface area contributed by atoms with Gasteiger partial charge in [0.25, 0.3) is 0 Å². The molecule has 0 spiro atoms. The van der Waals surface area contributed by atoms with Crippen molar-refractivity contribution in [3.05, 3.63) is 70.2 Å². The summed E-state index contributed by atoms with van der Waals surface area (Å²) in [5.74, 6) is 0.732. The number of ether oxygens (including phenoxy) is 1. The molecule has 3 rings (SSSR count). The zero-order chi connectivity index (χ0) is 13.2. The summed E-state index contributed by atoms with van der Waals surface area (Å²) in [5, 5.41) is 10.4. The first-order valence-corrected chi connectivity index (χ1v) is 6.91. The minimum absolute atomic E-state index is 0.367. The first-order valence-electron chi connectivity index (χ1n) is 6.12. The van der Waals surface area contributed by atoms with E-state index in [2.05, 4.69) is 15.9 Å². The predicted octanol–water partition coefficient (Wildman–Crippen LogP) is 3.96. The van der Waals surface area contributed by atoms with Gasteiger partial charge < -0.3 is 9.84 Å². The van der Waals surface area contributed by atoms with Crippen LogP contribution in [0, 0.1) is 0 Å². The summed E-state index contributed by atoms with van der Waals surface area (Å²) >= 11 is 3.44. The second-order valence-electron chi connectivity index (χ2n) is 4.45. The van der Waals surface area contributed by atoms with Crippen LogP contribution in [0.2, 0.25) is 0 Å². The summed E-state index contributed by atoms with van der Waals surface area (Å²) < 4.78 is 6.76. The summed E-state index contributed by atoms with van der Waals surface area (Å²) in [7, 11) is 0.